The van der Waals surface area contributed by atoms with Crippen LogP contribution in [0, 0.1) is 6.92 Å². The predicted molar refractivity (Wildman–Crippen MR) is 48.1 cm³/mol. The molecule has 0 bridgehead atoms. The lowest BCUT2D eigenvalue weighted by Crippen LogP contribution is -2.29. The summed E-state index contributed by atoms with van der Waals surface area (Å²) in [5, 5.41) is 10.5. The van der Waals surface area contributed by atoms with Crippen molar-refractivity contribution in [3.05, 3.63) is 17.5 Å². The SMILES string of the molecule is CNC1(Cc2cc(C)[nH]n2)CC1. The van der Waals surface area contributed by atoms with E-state index >= 15 is 0 Å². The lowest BCUT2D eigenvalue weighted by Gasteiger charge is -2.10. The van der Waals surface area contributed by atoms with Crippen LogP contribution in [0.4, 0.5) is 0 Å². The van der Waals surface area contributed by atoms with Crippen LogP contribution in [0.1, 0.15) is 24.2 Å². The molecule has 0 radical (unpaired) electrons. The van der Waals surface area contributed by atoms with Crippen LogP contribution in [0.25, 0.3) is 0 Å². The summed E-state index contributed by atoms with van der Waals surface area (Å²) in [4.78, 5) is 0. The number of likely N-dealkylation sites (N-methyl/N-ethyl adjacent to an activating group) is 1. The Labute approximate surface area is 72.6 Å². The van der Waals surface area contributed by atoms with Crippen molar-refractivity contribution in [1.82, 2.24) is 15.5 Å². The first-order valence-electron chi connectivity index (χ1n) is 4.44. The lowest BCUT2D eigenvalue weighted by molar-refractivity contribution is 0.541. The first-order chi connectivity index (χ1) is 5.74. The van der Waals surface area contributed by atoms with Crippen molar-refractivity contribution in [1.29, 1.82) is 0 Å². The Balaban J connectivity index is 2.04. The number of aryl methyl sites for hydroxylation is 1. The van der Waals surface area contributed by atoms with Crippen LogP contribution in [0.15, 0.2) is 6.07 Å². The van der Waals surface area contributed by atoms with E-state index in [1.807, 2.05) is 14.0 Å². The molecular weight excluding hydrogens is 150 g/mol. The molecule has 1 aromatic rings. The molecule has 0 unspecified atom stereocenters. The maximum atomic E-state index is 4.22. The zero-order chi connectivity index (χ0) is 8.60. The maximum Gasteiger partial charge on any atom is 0.0643 e. The minimum atomic E-state index is 0.377. The van der Waals surface area contributed by atoms with Gasteiger partial charge in [0.05, 0.1) is 5.69 Å². The van der Waals surface area contributed by atoms with Gasteiger partial charge in [-0.05, 0) is 32.9 Å². The molecule has 0 atom stereocenters. The third-order valence-electron chi connectivity index (χ3n) is 2.66. The number of aromatic nitrogens is 2. The quantitative estimate of drug-likeness (QED) is 0.702. The highest BCUT2D eigenvalue weighted by atomic mass is 15.1. The average molecular weight is 165 g/mol. The Bertz CT molecular complexity index is 273. The maximum absolute atomic E-state index is 4.22. The van der Waals surface area contributed by atoms with Crippen molar-refractivity contribution < 1.29 is 0 Å². The molecule has 1 heterocycles. The molecule has 1 saturated carbocycles. The highest BCUT2D eigenvalue weighted by Crippen LogP contribution is 2.37. The Hall–Kier alpha value is -0.830. The smallest absolute Gasteiger partial charge is 0.0643 e. The van der Waals surface area contributed by atoms with Gasteiger partial charge in [-0.1, -0.05) is 0 Å². The van der Waals surface area contributed by atoms with Gasteiger partial charge in [0.15, 0.2) is 0 Å². The molecule has 0 amide bonds. The van der Waals surface area contributed by atoms with Gasteiger partial charge in [-0.15, -0.1) is 0 Å². The van der Waals surface area contributed by atoms with Crippen molar-refractivity contribution in [2.45, 2.75) is 31.7 Å². The fourth-order valence-corrected chi connectivity index (χ4v) is 1.58. The highest BCUT2D eigenvalue weighted by Gasteiger charge is 2.41. The molecule has 2 rings (SSSR count). The second kappa shape index (κ2) is 2.59. The Morgan fingerprint density at radius 2 is 2.42 bits per heavy atom. The standard InChI is InChI=1S/C9H15N3/c1-7-5-8(12-11-7)6-9(10-2)3-4-9/h5,10H,3-4,6H2,1-2H3,(H,11,12). The summed E-state index contributed by atoms with van der Waals surface area (Å²) >= 11 is 0. The molecule has 1 aliphatic carbocycles. The minimum Gasteiger partial charge on any atom is -0.314 e. The highest BCUT2D eigenvalue weighted by molar-refractivity contribution is 5.15. The fourth-order valence-electron chi connectivity index (χ4n) is 1.58. The molecule has 3 nitrogen and oxygen atoms in total. The number of nitrogens with one attached hydrogen (secondary N) is 2. The van der Waals surface area contributed by atoms with Gasteiger partial charge in [-0.2, -0.15) is 5.10 Å². The summed E-state index contributed by atoms with van der Waals surface area (Å²) in [7, 11) is 2.03. The van der Waals surface area contributed by atoms with Gasteiger partial charge in [0.25, 0.3) is 0 Å². The summed E-state index contributed by atoms with van der Waals surface area (Å²) in [6.07, 6.45) is 3.64. The second-order valence-electron chi connectivity index (χ2n) is 3.75. The summed E-state index contributed by atoms with van der Waals surface area (Å²) < 4.78 is 0. The summed E-state index contributed by atoms with van der Waals surface area (Å²) in [5.41, 5.74) is 2.71. The van der Waals surface area contributed by atoms with Crippen molar-refractivity contribution in [3.8, 4) is 0 Å². The van der Waals surface area contributed by atoms with Gasteiger partial charge in [-0.25, -0.2) is 0 Å². The predicted octanol–water partition coefficient (Wildman–Crippen LogP) is 1.01. The van der Waals surface area contributed by atoms with Crippen molar-refractivity contribution in [2.24, 2.45) is 0 Å². The first kappa shape index (κ1) is 7.80. The van der Waals surface area contributed by atoms with Crippen LogP contribution < -0.4 is 5.32 Å². The molecule has 66 valence electrons. The normalized spacial score (nSPS) is 19.5. The number of H-pyrrole nitrogens is 1. The van der Waals surface area contributed by atoms with Gasteiger partial charge >= 0.3 is 0 Å². The molecular formula is C9H15N3. The number of rotatable bonds is 3. The third kappa shape index (κ3) is 1.37. The van der Waals surface area contributed by atoms with Crippen molar-refractivity contribution >= 4 is 0 Å². The molecule has 0 spiro atoms. The van der Waals surface area contributed by atoms with Crippen LogP contribution in [-0.4, -0.2) is 22.8 Å². The minimum absolute atomic E-state index is 0.377. The molecule has 1 aromatic heterocycles. The van der Waals surface area contributed by atoms with E-state index in [-0.39, 0.29) is 0 Å². The Kier molecular flexibility index (Phi) is 1.68. The van der Waals surface area contributed by atoms with Gasteiger partial charge in [0.2, 0.25) is 0 Å². The monoisotopic (exact) mass is 165 g/mol. The number of aromatic amines is 1. The van der Waals surface area contributed by atoms with Crippen LogP contribution in [0.5, 0.6) is 0 Å². The molecule has 1 aliphatic rings. The van der Waals surface area contributed by atoms with Gasteiger partial charge in [0, 0.05) is 17.7 Å². The average Bonchev–Trinajstić information content (AvgIpc) is 2.71. The van der Waals surface area contributed by atoms with E-state index in [0.717, 1.165) is 12.1 Å². The van der Waals surface area contributed by atoms with E-state index < -0.39 is 0 Å². The lowest BCUT2D eigenvalue weighted by atomic mass is 10.1. The Morgan fingerprint density at radius 3 is 2.83 bits per heavy atom. The van der Waals surface area contributed by atoms with Gasteiger partial charge < -0.3 is 5.32 Å². The van der Waals surface area contributed by atoms with Crippen LogP contribution in [0.3, 0.4) is 0 Å². The van der Waals surface area contributed by atoms with Crippen LogP contribution in [-0.2, 0) is 6.42 Å². The number of hydrogen-bond donors (Lipinski definition) is 2. The van der Waals surface area contributed by atoms with Crippen molar-refractivity contribution in [2.75, 3.05) is 7.05 Å². The summed E-state index contributed by atoms with van der Waals surface area (Å²) in [6.45, 7) is 2.04. The van der Waals surface area contributed by atoms with Crippen LogP contribution >= 0.6 is 0 Å². The zero-order valence-corrected chi connectivity index (χ0v) is 7.65. The van der Waals surface area contributed by atoms with E-state index in [1.54, 1.807) is 0 Å². The third-order valence-corrected chi connectivity index (χ3v) is 2.66. The molecule has 1 fully saturated rings. The van der Waals surface area contributed by atoms with E-state index in [9.17, 15) is 0 Å². The molecule has 0 saturated heterocycles. The first-order valence-corrected chi connectivity index (χ1v) is 4.44. The zero-order valence-electron chi connectivity index (χ0n) is 7.65. The van der Waals surface area contributed by atoms with Gasteiger partial charge in [-0.3, -0.25) is 5.10 Å². The van der Waals surface area contributed by atoms with E-state index in [4.69, 9.17) is 0 Å². The fraction of sp³-hybridized carbons (Fsp3) is 0.667. The van der Waals surface area contributed by atoms with E-state index in [2.05, 4.69) is 21.6 Å². The largest absolute Gasteiger partial charge is 0.314 e. The molecule has 0 aliphatic heterocycles. The van der Waals surface area contributed by atoms with E-state index in [0.29, 0.717) is 5.54 Å². The second-order valence-corrected chi connectivity index (χ2v) is 3.75. The summed E-state index contributed by atoms with van der Waals surface area (Å²) in [5.74, 6) is 0. The van der Waals surface area contributed by atoms with Crippen LogP contribution in [0.2, 0.25) is 0 Å². The van der Waals surface area contributed by atoms with Crippen molar-refractivity contribution in [3.63, 3.8) is 0 Å². The molecule has 2 N–H and O–H groups in total. The molecule has 12 heavy (non-hydrogen) atoms. The number of hydrogen-bond acceptors (Lipinski definition) is 2. The molecule has 3 heteroatoms. The number of nitrogens with zero attached hydrogens (tertiary/aromatic N) is 1. The van der Waals surface area contributed by atoms with E-state index in [1.165, 1.54) is 18.5 Å². The van der Waals surface area contributed by atoms with Gasteiger partial charge in [0.1, 0.15) is 0 Å². The Morgan fingerprint density at radius 1 is 1.67 bits per heavy atom. The molecule has 0 aromatic carbocycles. The topological polar surface area (TPSA) is 40.7 Å². The summed E-state index contributed by atoms with van der Waals surface area (Å²) in [6, 6.07) is 2.12.